The lowest BCUT2D eigenvalue weighted by atomic mass is 10.1. The molecule has 0 atom stereocenters. The highest BCUT2D eigenvalue weighted by Gasteiger charge is 1.99. The molecule has 1 heterocycles. The Morgan fingerprint density at radius 2 is 2.07 bits per heavy atom. The van der Waals surface area contributed by atoms with Gasteiger partial charge in [0.15, 0.2) is 0 Å². The highest BCUT2D eigenvalue weighted by Crippen LogP contribution is 2.17. The Morgan fingerprint density at radius 3 is 2.87 bits per heavy atom. The number of rotatable bonds is 4. The maximum absolute atomic E-state index is 5.49. The van der Waals surface area contributed by atoms with Crippen molar-refractivity contribution in [2.45, 2.75) is 19.3 Å². The van der Waals surface area contributed by atoms with E-state index in [1.807, 2.05) is 0 Å². The van der Waals surface area contributed by atoms with Crippen molar-refractivity contribution in [2.24, 2.45) is 12.8 Å². The van der Waals surface area contributed by atoms with E-state index < -0.39 is 0 Å². The van der Waals surface area contributed by atoms with E-state index in [0.717, 1.165) is 19.4 Å². The highest BCUT2D eigenvalue weighted by molar-refractivity contribution is 5.80. The number of nitrogens with two attached hydrogens (primary N) is 1. The van der Waals surface area contributed by atoms with Crippen molar-refractivity contribution in [3.63, 3.8) is 0 Å². The van der Waals surface area contributed by atoms with E-state index in [1.54, 1.807) is 0 Å². The third-order valence-electron chi connectivity index (χ3n) is 2.87. The van der Waals surface area contributed by atoms with Gasteiger partial charge in [0.05, 0.1) is 0 Å². The minimum Gasteiger partial charge on any atom is -0.351 e. The molecule has 0 bridgehead atoms. The van der Waals surface area contributed by atoms with Gasteiger partial charge < -0.3 is 10.3 Å². The van der Waals surface area contributed by atoms with Gasteiger partial charge in [-0.1, -0.05) is 12.1 Å². The van der Waals surface area contributed by atoms with Crippen molar-refractivity contribution in [2.75, 3.05) is 6.54 Å². The van der Waals surface area contributed by atoms with Crippen LogP contribution in [0.4, 0.5) is 0 Å². The van der Waals surface area contributed by atoms with Gasteiger partial charge in [0.25, 0.3) is 0 Å². The third kappa shape index (κ3) is 2.21. The lowest BCUT2D eigenvalue weighted by Gasteiger charge is -2.02. The first-order chi connectivity index (χ1) is 7.31. The zero-order valence-corrected chi connectivity index (χ0v) is 9.24. The number of benzene rings is 1. The molecule has 1 aromatic carbocycles. The molecule has 0 aliphatic heterocycles. The monoisotopic (exact) mass is 202 g/mol. The number of hydrogen-bond acceptors (Lipinski definition) is 1. The van der Waals surface area contributed by atoms with E-state index in [-0.39, 0.29) is 0 Å². The Hall–Kier alpha value is -1.28. The molecule has 2 aromatic rings. The Bertz CT molecular complexity index is 443. The van der Waals surface area contributed by atoms with Crippen molar-refractivity contribution in [3.05, 3.63) is 36.0 Å². The Labute approximate surface area is 90.7 Å². The van der Waals surface area contributed by atoms with Crippen LogP contribution in [0.25, 0.3) is 10.9 Å². The summed E-state index contributed by atoms with van der Waals surface area (Å²) in [7, 11) is 2.09. The summed E-state index contributed by atoms with van der Waals surface area (Å²) < 4.78 is 2.17. The first kappa shape index (κ1) is 10.2. The summed E-state index contributed by atoms with van der Waals surface area (Å²) in [4.78, 5) is 0. The zero-order chi connectivity index (χ0) is 10.7. The molecule has 80 valence electrons. The molecule has 2 nitrogen and oxygen atoms in total. The minimum absolute atomic E-state index is 0.798. The molecule has 1 aromatic heterocycles. The molecule has 0 unspecified atom stereocenters. The largest absolute Gasteiger partial charge is 0.351 e. The molecule has 0 spiro atoms. The van der Waals surface area contributed by atoms with Crippen LogP contribution in [-0.2, 0) is 13.5 Å². The van der Waals surface area contributed by atoms with Crippen molar-refractivity contribution in [1.82, 2.24) is 4.57 Å². The quantitative estimate of drug-likeness (QED) is 0.759. The first-order valence-electron chi connectivity index (χ1n) is 5.55. The highest BCUT2D eigenvalue weighted by atomic mass is 14.9. The fraction of sp³-hybridized carbons (Fsp3) is 0.385. The number of aromatic nitrogens is 1. The predicted octanol–water partition coefficient (Wildman–Crippen LogP) is 2.46. The van der Waals surface area contributed by atoms with E-state index in [4.69, 9.17) is 5.73 Å². The summed E-state index contributed by atoms with van der Waals surface area (Å²) in [5.74, 6) is 0. The molecule has 2 rings (SSSR count). The molecule has 15 heavy (non-hydrogen) atoms. The molecule has 0 saturated heterocycles. The summed E-state index contributed by atoms with van der Waals surface area (Å²) in [6.07, 6.45) is 5.55. The molecular formula is C13H18N2. The smallest absolute Gasteiger partial charge is 0.0480 e. The summed E-state index contributed by atoms with van der Waals surface area (Å²) in [5, 5.41) is 1.32. The number of fused-ring (bicyclic) bond motifs is 1. The lowest BCUT2D eigenvalue weighted by Crippen LogP contribution is -1.99. The molecule has 0 amide bonds. The second kappa shape index (κ2) is 4.49. The summed E-state index contributed by atoms with van der Waals surface area (Å²) in [5.41, 5.74) is 8.22. The zero-order valence-electron chi connectivity index (χ0n) is 9.24. The van der Waals surface area contributed by atoms with Crippen molar-refractivity contribution >= 4 is 10.9 Å². The SMILES string of the molecule is Cn1ccc2ccc(CCCCN)cc21. The molecule has 0 fully saturated rings. The normalized spacial score (nSPS) is 11.1. The van der Waals surface area contributed by atoms with Gasteiger partial charge in [0, 0.05) is 18.8 Å². The van der Waals surface area contributed by atoms with Crippen molar-refractivity contribution in [1.29, 1.82) is 0 Å². The Morgan fingerprint density at radius 1 is 1.20 bits per heavy atom. The maximum atomic E-state index is 5.49. The van der Waals surface area contributed by atoms with Crippen LogP contribution in [0.5, 0.6) is 0 Å². The minimum atomic E-state index is 0.798. The van der Waals surface area contributed by atoms with Crippen molar-refractivity contribution < 1.29 is 0 Å². The van der Waals surface area contributed by atoms with Gasteiger partial charge >= 0.3 is 0 Å². The fourth-order valence-electron chi connectivity index (χ4n) is 1.94. The second-order valence-electron chi connectivity index (χ2n) is 4.07. The average Bonchev–Trinajstić information content (AvgIpc) is 2.61. The van der Waals surface area contributed by atoms with Crippen LogP contribution in [0.2, 0.25) is 0 Å². The fourth-order valence-corrected chi connectivity index (χ4v) is 1.94. The Balaban J connectivity index is 2.18. The Kier molecular flexibility index (Phi) is 3.07. The van der Waals surface area contributed by atoms with Gasteiger partial charge in [0.2, 0.25) is 0 Å². The second-order valence-corrected chi connectivity index (χ2v) is 4.07. The van der Waals surface area contributed by atoms with Crippen LogP contribution < -0.4 is 5.73 Å². The van der Waals surface area contributed by atoms with Gasteiger partial charge in [-0.2, -0.15) is 0 Å². The molecule has 2 N–H and O–H groups in total. The van der Waals surface area contributed by atoms with Crippen LogP contribution in [0.1, 0.15) is 18.4 Å². The molecule has 0 radical (unpaired) electrons. The number of hydrogen-bond donors (Lipinski definition) is 1. The number of unbranched alkanes of at least 4 members (excludes halogenated alkanes) is 1. The van der Waals surface area contributed by atoms with Crippen LogP contribution in [-0.4, -0.2) is 11.1 Å². The van der Waals surface area contributed by atoms with Crippen LogP contribution in [0.15, 0.2) is 30.5 Å². The van der Waals surface area contributed by atoms with E-state index in [0.29, 0.717) is 0 Å². The van der Waals surface area contributed by atoms with E-state index >= 15 is 0 Å². The van der Waals surface area contributed by atoms with Gasteiger partial charge in [-0.25, -0.2) is 0 Å². The number of nitrogens with zero attached hydrogens (tertiary/aromatic N) is 1. The molecule has 0 saturated carbocycles. The molecular weight excluding hydrogens is 184 g/mol. The maximum Gasteiger partial charge on any atom is 0.0480 e. The molecule has 0 aliphatic carbocycles. The molecule has 2 heteroatoms. The van der Waals surface area contributed by atoms with E-state index in [2.05, 4.69) is 42.1 Å². The molecule has 0 aliphatic rings. The van der Waals surface area contributed by atoms with E-state index in [1.165, 1.54) is 22.9 Å². The van der Waals surface area contributed by atoms with Gasteiger partial charge in [-0.3, -0.25) is 0 Å². The topological polar surface area (TPSA) is 30.9 Å². The van der Waals surface area contributed by atoms with Crippen LogP contribution >= 0.6 is 0 Å². The summed E-state index contributed by atoms with van der Waals surface area (Å²) >= 11 is 0. The lowest BCUT2D eigenvalue weighted by molar-refractivity contribution is 0.745. The van der Waals surface area contributed by atoms with Gasteiger partial charge in [0.1, 0.15) is 0 Å². The number of aryl methyl sites for hydroxylation is 2. The summed E-state index contributed by atoms with van der Waals surface area (Å²) in [6, 6.07) is 8.86. The summed E-state index contributed by atoms with van der Waals surface area (Å²) in [6.45, 7) is 0.798. The average molecular weight is 202 g/mol. The van der Waals surface area contributed by atoms with Crippen molar-refractivity contribution in [3.8, 4) is 0 Å². The predicted molar refractivity (Wildman–Crippen MR) is 64.9 cm³/mol. The van der Waals surface area contributed by atoms with Crippen LogP contribution in [0, 0.1) is 0 Å². The third-order valence-corrected chi connectivity index (χ3v) is 2.87. The van der Waals surface area contributed by atoms with Crippen LogP contribution in [0.3, 0.4) is 0 Å². The van der Waals surface area contributed by atoms with Gasteiger partial charge in [-0.15, -0.1) is 0 Å². The standard InChI is InChI=1S/C13H18N2/c1-15-9-7-12-6-5-11(10-13(12)15)4-2-3-8-14/h5-7,9-10H,2-4,8,14H2,1H3. The van der Waals surface area contributed by atoms with Gasteiger partial charge in [-0.05, 0) is 48.9 Å². The first-order valence-corrected chi connectivity index (χ1v) is 5.55. The van der Waals surface area contributed by atoms with E-state index in [9.17, 15) is 0 Å².